The number of rotatable bonds is 28. The number of hydrogen-bond acceptors (Lipinski definition) is 12. The van der Waals surface area contributed by atoms with Crippen LogP contribution in [0, 0.1) is 11.3 Å². The molecule has 2 aliphatic rings. The van der Waals surface area contributed by atoms with Gasteiger partial charge < -0.3 is 39.6 Å². The van der Waals surface area contributed by atoms with Crippen molar-refractivity contribution in [1.82, 2.24) is 14.6 Å². The van der Waals surface area contributed by atoms with E-state index in [0.717, 1.165) is 18.4 Å². The molecule has 13 nitrogen and oxygen atoms in total. The van der Waals surface area contributed by atoms with Gasteiger partial charge >= 0.3 is 6.72 Å². The van der Waals surface area contributed by atoms with Crippen LogP contribution in [0.15, 0.2) is 48.8 Å². The molecular formula is C40H60N5O8PS. The van der Waals surface area contributed by atoms with Crippen LogP contribution in [0.3, 0.4) is 0 Å². The monoisotopic (exact) mass is 801 g/mol. The van der Waals surface area contributed by atoms with Crippen molar-refractivity contribution in [2.45, 2.75) is 152 Å². The second-order valence-corrected chi connectivity index (χ2v) is 17.7. The predicted molar refractivity (Wildman–Crippen MR) is 213 cm³/mol. The number of aromatic nitrogens is 3. The average Bonchev–Trinajstić information content (AvgIpc) is 3.42. The van der Waals surface area contributed by atoms with E-state index >= 15 is 0 Å². The van der Waals surface area contributed by atoms with Crippen LogP contribution in [0.2, 0.25) is 0 Å². The van der Waals surface area contributed by atoms with Crippen molar-refractivity contribution in [2.75, 3.05) is 25.6 Å². The number of aliphatic hydroxyl groups is 2. The summed E-state index contributed by atoms with van der Waals surface area (Å²) in [5, 5.41) is 37.0. The highest BCUT2D eigenvalue weighted by Crippen LogP contribution is 2.63. The number of nitrogens with zero attached hydrogens (tertiary/aromatic N) is 4. The molecule has 2 fully saturated rings. The van der Waals surface area contributed by atoms with Crippen molar-refractivity contribution in [3.8, 4) is 6.07 Å². The highest BCUT2D eigenvalue weighted by molar-refractivity contribution is 8.07. The van der Waals surface area contributed by atoms with Gasteiger partial charge in [-0.3, -0.25) is 4.52 Å². The molecule has 5 N–H and O–H groups in total. The Morgan fingerprint density at radius 3 is 2.15 bits per heavy atom. The molecule has 3 aromatic rings. The first-order valence-corrected chi connectivity index (χ1v) is 22.7. The number of nitrogens with two attached hydrogens (primary N) is 1. The van der Waals surface area contributed by atoms with Gasteiger partial charge in [0, 0.05) is 6.61 Å². The molecule has 0 spiro atoms. The molecule has 1 saturated carbocycles. The fraction of sp³-hybridized carbons (Fsp3) is 0.675. The van der Waals surface area contributed by atoms with Crippen LogP contribution in [-0.4, -0.2) is 79.5 Å². The van der Waals surface area contributed by atoms with E-state index in [1.807, 2.05) is 36.4 Å². The molecule has 1 aliphatic heterocycles. The number of nitriles is 1. The number of fused-ring (bicyclic) bond motifs is 2. The molecule has 2 aromatic heterocycles. The van der Waals surface area contributed by atoms with Gasteiger partial charge in [-0.05, 0) is 35.9 Å². The van der Waals surface area contributed by atoms with Crippen LogP contribution in [0.4, 0.5) is 5.82 Å². The maximum Gasteiger partial charge on any atom is 0.325 e. The Labute approximate surface area is 330 Å². The Morgan fingerprint density at radius 1 is 0.945 bits per heavy atom. The van der Waals surface area contributed by atoms with Crippen molar-refractivity contribution < 1.29 is 38.4 Å². The van der Waals surface area contributed by atoms with E-state index in [1.165, 1.54) is 107 Å². The number of benzene rings is 1. The van der Waals surface area contributed by atoms with Crippen LogP contribution in [0.1, 0.15) is 121 Å². The maximum atomic E-state index is 11.4. The number of ether oxygens (including phenoxy) is 3. The number of anilines is 1. The van der Waals surface area contributed by atoms with Crippen molar-refractivity contribution in [3.05, 3.63) is 60.0 Å². The van der Waals surface area contributed by atoms with Gasteiger partial charge in [0.15, 0.2) is 11.4 Å². The fourth-order valence-corrected chi connectivity index (χ4v) is 8.80. The van der Waals surface area contributed by atoms with Gasteiger partial charge in [0.2, 0.25) is 5.60 Å². The van der Waals surface area contributed by atoms with E-state index in [4.69, 9.17) is 40.8 Å². The summed E-state index contributed by atoms with van der Waals surface area (Å²) in [7, 11) is 0. The van der Waals surface area contributed by atoms with Crippen LogP contribution in [0.25, 0.3) is 5.52 Å². The van der Waals surface area contributed by atoms with Crippen LogP contribution in [-0.2, 0) is 47.3 Å². The zero-order valence-electron chi connectivity index (χ0n) is 32.2. The second-order valence-electron chi connectivity index (χ2n) is 14.9. The number of unbranched alkanes of at least 4 members (excludes halogenated alkanes) is 15. The minimum absolute atomic E-state index is 0.127. The van der Waals surface area contributed by atoms with E-state index in [9.17, 15) is 20.4 Å². The van der Waals surface area contributed by atoms with Gasteiger partial charge in [-0.2, -0.15) is 10.4 Å². The zero-order chi connectivity index (χ0) is 39.2. The Bertz CT molecular complexity index is 1700. The Hall–Kier alpha value is -2.54. The highest BCUT2D eigenvalue weighted by atomic mass is 32.5. The lowest BCUT2D eigenvalue weighted by atomic mass is 9.90. The maximum absolute atomic E-state index is 11.4. The minimum atomic E-state index is -3.97. The summed E-state index contributed by atoms with van der Waals surface area (Å²) in [6, 6.07) is 14.8. The van der Waals surface area contributed by atoms with Crippen LogP contribution >= 0.6 is 6.72 Å². The summed E-state index contributed by atoms with van der Waals surface area (Å²) in [5.41, 5.74) is 3.43. The molecule has 0 amide bonds. The summed E-state index contributed by atoms with van der Waals surface area (Å²) in [6.07, 6.45) is 17.3. The summed E-state index contributed by atoms with van der Waals surface area (Å²) in [4.78, 5) is 15.0. The van der Waals surface area contributed by atoms with Gasteiger partial charge in [-0.1, -0.05) is 134 Å². The number of nitrogen functional groups attached to an aromatic ring is 1. The summed E-state index contributed by atoms with van der Waals surface area (Å²) in [5.74, 6) is 0.168. The highest BCUT2D eigenvalue weighted by Gasteiger charge is 2.83. The summed E-state index contributed by atoms with van der Waals surface area (Å²) >= 11 is 5.30. The molecular weight excluding hydrogens is 742 g/mol. The molecule has 1 aliphatic carbocycles. The van der Waals surface area contributed by atoms with Gasteiger partial charge in [0.1, 0.15) is 42.3 Å². The third kappa shape index (κ3) is 11.5. The lowest BCUT2D eigenvalue weighted by Crippen LogP contribution is -2.47. The normalized spacial score (nSPS) is 24.7. The summed E-state index contributed by atoms with van der Waals surface area (Å²) < 4.78 is 30.7. The third-order valence-corrected chi connectivity index (χ3v) is 12.2. The van der Waals surface area contributed by atoms with Crippen LogP contribution in [0.5, 0.6) is 0 Å². The molecule has 15 heteroatoms. The average molecular weight is 802 g/mol. The largest absolute Gasteiger partial charge is 0.385 e. The quantitative estimate of drug-likeness (QED) is 0.0434. The Morgan fingerprint density at radius 2 is 1.56 bits per heavy atom. The van der Waals surface area contributed by atoms with E-state index in [1.54, 1.807) is 6.07 Å². The lowest BCUT2D eigenvalue weighted by Gasteiger charge is -2.30. The SMILES string of the molecule is CCCCCCCCCCCCCCCCCCOC[C@H](COP(O)(=S)OC1[C@H]2O[C@@](C#N)(c3ccc4c(N)ncnn34)[C@H](O)[C@@]12O)OCc1ccccc1. The first-order valence-electron chi connectivity index (χ1n) is 20.1. The molecule has 1 aromatic carbocycles. The zero-order valence-corrected chi connectivity index (χ0v) is 33.9. The van der Waals surface area contributed by atoms with Gasteiger partial charge in [-0.15, -0.1) is 0 Å². The number of hydrogen-bond donors (Lipinski definition) is 4. The van der Waals surface area contributed by atoms with Gasteiger partial charge in [0.05, 0.1) is 25.5 Å². The second kappa shape index (κ2) is 21.3. The van der Waals surface area contributed by atoms with Crippen molar-refractivity contribution in [2.24, 2.45) is 0 Å². The lowest BCUT2D eigenvalue weighted by molar-refractivity contribution is -0.105. The molecule has 5 rings (SSSR count). The van der Waals surface area contributed by atoms with Crippen LogP contribution < -0.4 is 5.73 Å². The number of aliphatic hydroxyl groups excluding tert-OH is 1. The molecule has 304 valence electrons. The standard InChI is InChI=1S/C40H60N5O8PS/c1-2-3-4-5-6-7-8-9-10-11-12-13-14-15-16-20-25-49-27-32(50-26-31-21-18-17-19-22-31)28-51-54(48,55)53-36-35-40(36,47)38(46)39(29-41,52-35)34-24-23-33-37(42)43-30-44-45(33)34/h17-19,21-24,30,32,35-36,38,46-47H,2-16,20,25-28H2,1H3,(H,48,55)(H2,42,43,44)/t32-,35-,36?,38+,39+,40+,54?/m1/s1. The molecule has 0 radical (unpaired) electrons. The molecule has 2 unspecified atom stereocenters. The molecule has 55 heavy (non-hydrogen) atoms. The molecule has 1 saturated heterocycles. The first kappa shape index (κ1) is 43.6. The molecule has 3 heterocycles. The van der Waals surface area contributed by atoms with E-state index in [0.29, 0.717) is 18.7 Å². The molecule has 7 atom stereocenters. The van der Waals surface area contributed by atoms with E-state index in [2.05, 4.69) is 17.0 Å². The van der Waals surface area contributed by atoms with Crippen molar-refractivity contribution in [1.29, 1.82) is 5.26 Å². The molecule has 0 bridgehead atoms. The van der Waals surface area contributed by atoms with Crippen molar-refractivity contribution in [3.63, 3.8) is 0 Å². The van der Waals surface area contributed by atoms with E-state index < -0.39 is 42.3 Å². The Kier molecular flexibility index (Phi) is 16.9. The predicted octanol–water partition coefficient (Wildman–Crippen LogP) is 7.02. The smallest absolute Gasteiger partial charge is 0.325 e. The Balaban J connectivity index is 1.01. The summed E-state index contributed by atoms with van der Waals surface area (Å²) in [6.45, 7) is -0.724. The van der Waals surface area contributed by atoms with Gasteiger partial charge in [0.25, 0.3) is 0 Å². The minimum Gasteiger partial charge on any atom is -0.385 e. The fourth-order valence-electron chi connectivity index (χ4n) is 7.36. The van der Waals surface area contributed by atoms with E-state index in [-0.39, 0.29) is 24.7 Å². The van der Waals surface area contributed by atoms with Crippen molar-refractivity contribution >= 4 is 29.9 Å². The van der Waals surface area contributed by atoms with Gasteiger partial charge in [-0.25, -0.2) is 9.50 Å². The first-order chi connectivity index (χ1) is 26.7. The topological polar surface area (TPSA) is 187 Å². The third-order valence-electron chi connectivity index (χ3n) is 10.7.